The Morgan fingerprint density at radius 2 is 1.09 bits per heavy atom. The topological polar surface area (TPSA) is 173 Å². The fourth-order valence-corrected chi connectivity index (χ4v) is 3.85. The SMILES string of the molecule is O=S(=O)(O)SCCNC[C@H](O)[C@@H](O)CNCCSS(=O)(=O)O. The third-order valence-electron chi connectivity index (χ3n) is 2.17. The van der Waals surface area contributed by atoms with Crippen molar-refractivity contribution in [2.24, 2.45) is 0 Å². The summed E-state index contributed by atoms with van der Waals surface area (Å²) < 4.78 is 58.6. The molecule has 0 unspecified atom stereocenters. The minimum absolute atomic E-state index is 0.0225. The summed E-state index contributed by atoms with van der Waals surface area (Å²) in [6.07, 6.45) is -2.20. The number of rotatable bonds is 13. The first kappa shape index (κ1) is 22.4. The average molecular weight is 401 g/mol. The smallest absolute Gasteiger partial charge is 0.319 e. The molecule has 2 atom stereocenters. The Balaban J connectivity index is 3.64. The zero-order chi connectivity index (χ0) is 17.2. The highest BCUT2D eigenvalue weighted by Gasteiger charge is 2.15. The Morgan fingerprint density at radius 1 is 0.773 bits per heavy atom. The molecule has 0 aliphatic carbocycles. The van der Waals surface area contributed by atoms with Gasteiger partial charge in [0.1, 0.15) is 0 Å². The highest BCUT2D eigenvalue weighted by atomic mass is 33.2. The van der Waals surface area contributed by atoms with Crippen molar-refractivity contribution in [3.05, 3.63) is 0 Å². The maximum Gasteiger partial charge on any atom is 0.319 e. The molecule has 0 saturated carbocycles. The summed E-state index contributed by atoms with van der Waals surface area (Å²) in [5, 5.41) is 24.6. The minimum atomic E-state index is -4.08. The van der Waals surface area contributed by atoms with Gasteiger partial charge in [-0.3, -0.25) is 9.11 Å². The molecule has 134 valence electrons. The van der Waals surface area contributed by atoms with Crippen LogP contribution in [0.1, 0.15) is 0 Å². The van der Waals surface area contributed by atoms with Crippen LogP contribution < -0.4 is 10.6 Å². The van der Waals surface area contributed by atoms with Crippen molar-refractivity contribution >= 4 is 39.9 Å². The van der Waals surface area contributed by atoms with E-state index in [0.717, 1.165) is 0 Å². The van der Waals surface area contributed by atoms with E-state index in [4.69, 9.17) is 9.11 Å². The van der Waals surface area contributed by atoms with E-state index in [0.29, 0.717) is 21.6 Å². The van der Waals surface area contributed by atoms with Crippen molar-refractivity contribution < 1.29 is 36.2 Å². The molecule has 0 amide bonds. The van der Waals surface area contributed by atoms with Gasteiger partial charge < -0.3 is 20.8 Å². The largest absolute Gasteiger partial charge is 0.389 e. The first-order chi connectivity index (χ1) is 10.0. The average Bonchev–Trinajstić information content (AvgIpc) is 2.34. The zero-order valence-corrected chi connectivity index (χ0v) is 14.7. The third-order valence-corrected chi connectivity index (χ3v) is 6.30. The molecule has 0 aromatic carbocycles. The van der Waals surface area contributed by atoms with Crippen LogP contribution in [0.15, 0.2) is 0 Å². The number of nitrogens with one attached hydrogen (secondary N) is 2. The summed E-state index contributed by atoms with van der Waals surface area (Å²) in [5.41, 5.74) is 0. The van der Waals surface area contributed by atoms with Gasteiger partial charge in [-0.25, -0.2) is 0 Å². The number of aliphatic hydroxyl groups excluding tert-OH is 2. The number of aliphatic hydroxyl groups is 2. The Morgan fingerprint density at radius 3 is 1.36 bits per heavy atom. The van der Waals surface area contributed by atoms with Gasteiger partial charge in [-0.1, -0.05) is 0 Å². The molecule has 14 heteroatoms. The lowest BCUT2D eigenvalue weighted by molar-refractivity contribution is 0.0216. The van der Waals surface area contributed by atoms with E-state index in [9.17, 15) is 27.0 Å². The van der Waals surface area contributed by atoms with Crippen LogP contribution in [-0.2, 0) is 18.3 Å². The Kier molecular flexibility index (Phi) is 11.2. The standard InChI is InChI=1S/C8H20N2O8S4/c11-7(5-9-1-3-19-21(13,14)15)8(12)6-10-2-4-20-22(16,17)18/h7-12H,1-6H2,(H,13,14,15)(H,16,17,18)/t7-,8-/m0/s1. The first-order valence-electron chi connectivity index (χ1n) is 6.02. The summed E-state index contributed by atoms with van der Waals surface area (Å²) in [5.74, 6) is 0.180. The van der Waals surface area contributed by atoms with Crippen molar-refractivity contribution in [3.63, 3.8) is 0 Å². The molecule has 0 bridgehead atoms. The molecular formula is C8H20N2O8S4. The quantitative estimate of drug-likeness (QED) is 0.114. The van der Waals surface area contributed by atoms with Crippen LogP contribution in [-0.4, -0.2) is 86.0 Å². The second kappa shape index (κ2) is 11.0. The molecule has 0 rings (SSSR count). The van der Waals surface area contributed by atoms with E-state index in [2.05, 4.69) is 10.6 Å². The van der Waals surface area contributed by atoms with Gasteiger partial charge in [0, 0.05) is 37.7 Å². The van der Waals surface area contributed by atoms with Crippen LogP contribution in [0.3, 0.4) is 0 Å². The van der Waals surface area contributed by atoms with Gasteiger partial charge in [-0.05, 0) is 21.6 Å². The van der Waals surface area contributed by atoms with Crippen LogP contribution in [0.2, 0.25) is 0 Å². The molecule has 0 radical (unpaired) electrons. The number of hydrogen-bond acceptors (Lipinski definition) is 10. The first-order valence-corrected chi connectivity index (χ1v) is 11.9. The van der Waals surface area contributed by atoms with Crippen molar-refractivity contribution in [2.45, 2.75) is 12.2 Å². The van der Waals surface area contributed by atoms with Gasteiger partial charge in [0.05, 0.1) is 12.2 Å². The van der Waals surface area contributed by atoms with Gasteiger partial charge in [0.15, 0.2) is 0 Å². The van der Waals surface area contributed by atoms with Crippen molar-refractivity contribution in [1.29, 1.82) is 0 Å². The fraction of sp³-hybridized carbons (Fsp3) is 1.00. The molecule has 0 aromatic rings. The third kappa shape index (κ3) is 15.3. The monoisotopic (exact) mass is 400 g/mol. The molecule has 22 heavy (non-hydrogen) atoms. The normalized spacial score (nSPS) is 15.6. The summed E-state index contributed by atoms with van der Waals surface area (Å²) in [6, 6.07) is 0. The van der Waals surface area contributed by atoms with Gasteiger partial charge in [0.2, 0.25) is 0 Å². The van der Waals surface area contributed by atoms with Crippen LogP contribution in [0.25, 0.3) is 0 Å². The minimum Gasteiger partial charge on any atom is -0.389 e. The molecule has 0 aliphatic rings. The zero-order valence-electron chi connectivity index (χ0n) is 11.5. The molecule has 6 N–H and O–H groups in total. The van der Waals surface area contributed by atoms with E-state index in [1.54, 1.807) is 0 Å². The predicted octanol–water partition coefficient (Wildman–Crippen LogP) is -2.04. The van der Waals surface area contributed by atoms with E-state index >= 15 is 0 Å². The summed E-state index contributed by atoms with van der Waals surface area (Å²) in [4.78, 5) is 0. The Labute approximate surface area is 136 Å². The summed E-state index contributed by atoms with van der Waals surface area (Å²) in [6.45, 7) is 0.475. The Hall–Kier alpha value is 0.360. The van der Waals surface area contributed by atoms with Gasteiger partial charge >= 0.3 is 18.3 Å². The van der Waals surface area contributed by atoms with Crippen LogP contribution >= 0.6 is 21.6 Å². The van der Waals surface area contributed by atoms with E-state index in [1.165, 1.54) is 0 Å². The lowest BCUT2D eigenvalue weighted by Crippen LogP contribution is -2.43. The molecule has 10 nitrogen and oxygen atoms in total. The summed E-state index contributed by atoms with van der Waals surface area (Å²) >= 11 is 0. The highest BCUT2D eigenvalue weighted by Crippen LogP contribution is 2.07. The van der Waals surface area contributed by atoms with Crippen LogP contribution in [0.5, 0.6) is 0 Å². The molecular weight excluding hydrogens is 380 g/mol. The summed E-state index contributed by atoms with van der Waals surface area (Å²) in [7, 11) is -7.45. The van der Waals surface area contributed by atoms with Gasteiger partial charge in [0.25, 0.3) is 0 Å². The second-order valence-corrected chi connectivity index (χ2v) is 11.0. The van der Waals surface area contributed by atoms with Crippen LogP contribution in [0.4, 0.5) is 0 Å². The van der Waals surface area contributed by atoms with E-state index < -0.39 is 30.5 Å². The van der Waals surface area contributed by atoms with Crippen molar-refractivity contribution in [3.8, 4) is 0 Å². The lowest BCUT2D eigenvalue weighted by atomic mass is 10.2. The molecule has 0 aromatic heterocycles. The highest BCUT2D eigenvalue weighted by molar-refractivity contribution is 8.70. The van der Waals surface area contributed by atoms with E-state index in [-0.39, 0.29) is 37.7 Å². The van der Waals surface area contributed by atoms with E-state index in [1.807, 2.05) is 0 Å². The maximum absolute atomic E-state index is 10.4. The molecule has 0 fully saturated rings. The van der Waals surface area contributed by atoms with Gasteiger partial charge in [-0.2, -0.15) is 16.8 Å². The predicted molar refractivity (Wildman–Crippen MR) is 85.8 cm³/mol. The van der Waals surface area contributed by atoms with Crippen molar-refractivity contribution in [1.82, 2.24) is 10.6 Å². The maximum atomic E-state index is 10.4. The van der Waals surface area contributed by atoms with Gasteiger partial charge in [-0.15, -0.1) is 0 Å². The molecule has 0 spiro atoms. The lowest BCUT2D eigenvalue weighted by Gasteiger charge is -2.18. The molecule has 0 aliphatic heterocycles. The van der Waals surface area contributed by atoms with Crippen molar-refractivity contribution in [2.75, 3.05) is 37.7 Å². The second-order valence-electron chi connectivity index (χ2n) is 4.04. The fourth-order valence-electron chi connectivity index (χ4n) is 1.21. The van der Waals surface area contributed by atoms with Crippen LogP contribution in [0, 0.1) is 0 Å². The molecule has 0 saturated heterocycles. The molecule has 0 heterocycles. The number of hydrogen-bond donors (Lipinski definition) is 6. The Bertz CT molecular complexity index is 450.